The van der Waals surface area contributed by atoms with E-state index in [0.717, 1.165) is 4.47 Å². The predicted molar refractivity (Wildman–Crippen MR) is 120 cm³/mol. The van der Waals surface area contributed by atoms with Gasteiger partial charge in [-0.05, 0) is 46.1 Å². The molecule has 0 aliphatic rings. The van der Waals surface area contributed by atoms with Gasteiger partial charge >= 0.3 is 0 Å². The molecule has 0 unspecified atom stereocenters. The maximum atomic E-state index is 13.0. The maximum absolute atomic E-state index is 13.0. The van der Waals surface area contributed by atoms with Crippen LogP contribution in [0.1, 0.15) is 19.5 Å². The smallest absolute Gasteiger partial charge is 0.262 e. The van der Waals surface area contributed by atoms with Gasteiger partial charge in [-0.3, -0.25) is 18.6 Å². The van der Waals surface area contributed by atoms with Gasteiger partial charge in [0, 0.05) is 29.0 Å². The molecule has 4 aromatic rings. The van der Waals surface area contributed by atoms with Gasteiger partial charge in [0.15, 0.2) is 5.16 Å². The summed E-state index contributed by atoms with van der Waals surface area (Å²) in [4.78, 5) is 34.7. The molecule has 0 atom stereocenters. The van der Waals surface area contributed by atoms with Gasteiger partial charge in [0.1, 0.15) is 5.65 Å². The second-order valence-electron chi connectivity index (χ2n) is 7.17. The minimum Gasteiger partial charge on any atom is -0.287 e. The highest BCUT2D eigenvalue weighted by atomic mass is 79.9. The number of nitrogens with zero attached hydrogens (tertiary/aromatic N) is 4. The Balaban J connectivity index is 1.72. The second kappa shape index (κ2) is 8.12. The number of para-hydroxylation sites is 1. The number of hydrogen-bond acceptors (Lipinski definition) is 5. The van der Waals surface area contributed by atoms with Crippen LogP contribution in [0.5, 0.6) is 0 Å². The summed E-state index contributed by atoms with van der Waals surface area (Å²) in [6.07, 6.45) is 1.70. The molecule has 0 fully saturated rings. The molecule has 0 saturated heterocycles. The molecule has 0 aliphatic heterocycles. The minimum absolute atomic E-state index is 0.0387. The third kappa shape index (κ3) is 4.13. The van der Waals surface area contributed by atoms with Gasteiger partial charge in [-0.15, -0.1) is 0 Å². The Labute approximate surface area is 179 Å². The number of hydrogen-bond donors (Lipinski definition) is 0. The van der Waals surface area contributed by atoms with Crippen molar-refractivity contribution >= 4 is 44.2 Å². The number of thioether (sulfide) groups is 1. The molecule has 3 heterocycles. The van der Waals surface area contributed by atoms with Crippen LogP contribution in [0.15, 0.2) is 67.9 Å². The van der Waals surface area contributed by atoms with Gasteiger partial charge in [0.05, 0.1) is 16.6 Å². The van der Waals surface area contributed by atoms with Crippen molar-refractivity contribution in [3.8, 4) is 0 Å². The molecular formula is C21H19BrN4O2S. The van der Waals surface area contributed by atoms with Gasteiger partial charge in [0.2, 0.25) is 0 Å². The molecule has 0 aliphatic carbocycles. The highest BCUT2D eigenvalue weighted by Gasteiger charge is 2.13. The summed E-state index contributed by atoms with van der Waals surface area (Å²) < 4.78 is 4.04. The van der Waals surface area contributed by atoms with Crippen LogP contribution in [0, 0.1) is 5.92 Å². The Morgan fingerprint density at radius 1 is 1.10 bits per heavy atom. The van der Waals surface area contributed by atoms with Crippen LogP contribution in [-0.4, -0.2) is 18.9 Å². The van der Waals surface area contributed by atoms with Crippen LogP contribution in [0.2, 0.25) is 0 Å². The Hall–Kier alpha value is -2.45. The first-order valence-corrected chi connectivity index (χ1v) is 11.0. The normalized spacial score (nSPS) is 11.6. The van der Waals surface area contributed by atoms with Gasteiger partial charge in [0.25, 0.3) is 11.1 Å². The molecular weight excluding hydrogens is 452 g/mol. The molecule has 0 N–H and O–H groups in total. The highest BCUT2D eigenvalue weighted by Crippen LogP contribution is 2.22. The van der Waals surface area contributed by atoms with Crippen molar-refractivity contribution in [2.24, 2.45) is 5.92 Å². The summed E-state index contributed by atoms with van der Waals surface area (Å²) in [6, 6.07) is 12.5. The van der Waals surface area contributed by atoms with Crippen molar-refractivity contribution in [1.82, 2.24) is 18.9 Å². The zero-order valence-corrected chi connectivity index (χ0v) is 18.4. The minimum atomic E-state index is -0.141. The lowest BCUT2D eigenvalue weighted by Gasteiger charge is -2.15. The molecule has 0 bridgehead atoms. The van der Waals surface area contributed by atoms with E-state index in [1.54, 1.807) is 22.9 Å². The number of rotatable bonds is 5. The van der Waals surface area contributed by atoms with E-state index in [9.17, 15) is 9.59 Å². The Bertz CT molecular complexity index is 1330. The predicted octanol–water partition coefficient (Wildman–Crippen LogP) is 4.12. The number of fused-ring (bicyclic) bond motifs is 2. The fourth-order valence-corrected chi connectivity index (χ4v) is 4.36. The molecule has 0 saturated carbocycles. The van der Waals surface area contributed by atoms with Gasteiger partial charge in [-0.1, -0.05) is 37.7 Å². The standard InChI is InChI=1S/C21H19BrN4O2S/c1-13(2)10-26-20(28)16-5-3-4-6-17(16)24-21(26)29-12-15-9-19(27)25-11-14(22)7-8-18(25)23-15/h3-9,11,13H,10,12H2,1-2H3. The number of pyridine rings is 1. The first-order chi connectivity index (χ1) is 13.9. The molecule has 148 valence electrons. The van der Waals surface area contributed by atoms with E-state index in [4.69, 9.17) is 4.98 Å². The first kappa shape index (κ1) is 19.8. The molecule has 4 rings (SSSR count). The van der Waals surface area contributed by atoms with Crippen molar-refractivity contribution in [1.29, 1.82) is 0 Å². The van der Waals surface area contributed by atoms with Crippen molar-refractivity contribution in [3.63, 3.8) is 0 Å². The summed E-state index contributed by atoms with van der Waals surface area (Å²) in [5.41, 5.74) is 1.74. The lowest BCUT2D eigenvalue weighted by molar-refractivity contribution is 0.475. The largest absolute Gasteiger partial charge is 0.287 e. The van der Waals surface area contributed by atoms with Gasteiger partial charge < -0.3 is 0 Å². The van der Waals surface area contributed by atoms with E-state index < -0.39 is 0 Å². The fraction of sp³-hybridized carbons (Fsp3) is 0.238. The number of aromatic nitrogens is 4. The summed E-state index contributed by atoms with van der Waals surface area (Å²) in [6.45, 7) is 4.72. The number of halogens is 1. The van der Waals surface area contributed by atoms with Crippen molar-refractivity contribution in [3.05, 3.63) is 79.5 Å². The van der Waals surface area contributed by atoms with Crippen LogP contribution in [0.25, 0.3) is 16.6 Å². The number of benzene rings is 1. The highest BCUT2D eigenvalue weighted by molar-refractivity contribution is 9.10. The van der Waals surface area contributed by atoms with Crippen LogP contribution in [0.4, 0.5) is 0 Å². The Morgan fingerprint density at radius 3 is 2.69 bits per heavy atom. The van der Waals surface area contributed by atoms with Gasteiger partial charge in [-0.2, -0.15) is 0 Å². The molecule has 0 amide bonds. The zero-order chi connectivity index (χ0) is 20.5. The molecule has 0 spiro atoms. The maximum Gasteiger partial charge on any atom is 0.262 e. The third-order valence-electron chi connectivity index (χ3n) is 4.40. The van der Waals surface area contributed by atoms with Crippen molar-refractivity contribution < 1.29 is 0 Å². The van der Waals surface area contributed by atoms with Gasteiger partial charge in [-0.25, -0.2) is 9.97 Å². The molecule has 0 radical (unpaired) electrons. The van der Waals surface area contributed by atoms with Crippen molar-refractivity contribution in [2.45, 2.75) is 31.3 Å². The van der Waals surface area contributed by atoms with E-state index in [1.807, 2.05) is 24.3 Å². The molecule has 1 aromatic carbocycles. The Kier molecular flexibility index (Phi) is 5.56. The van der Waals surface area contributed by atoms with Crippen LogP contribution in [0.3, 0.4) is 0 Å². The topological polar surface area (TPSA) is 69.3 Å². The third-order valence-corrected chi connectivity index (χ3v) is 5.88. The first-order valence-electron chi connectivity index (χ1n) is 9.22. The van der Waals surface area contributed by atoms with E-state index >= 15 is 0 Å². The summed E-state index contributed by atoms with van der Waals surface area (Å²) in [5.74, 6) is 0.752. The SMILES string of the molecule is CC(C)Cn1c(SCc2cc(=O)n3cc(Br)ccc3n2)nc2ccccc2c1=O. The molecule has 6 nitrogen and oxygen atoms in total. The molecule has 8 heteroatoms. The average Bonchev–Trinajstić information content (AvgIpc) is 2.69. The monoisotopic (exact) mass is 470 g/mol. The lowest BCUT2D eigenvalue weighted by atomic mass is 10.2. The van der Waals surface area contributed by atoms with Crippen molar-refractivity contribution in [2.75, 3.05) is 0 Å². The van der Waals surface area contributed by atoms with Crippen LogP contribution < -0.4 is 11.1 Å². The summed E-state index contributed by atoms with van der Waals surface area (Å²) >= 11 is 4.79. The zero-order valence-electron chi connectivity index (χ0n) is 16.0. The van der Waals surface area contributed by atoms with E-state index in [0.29, 0.717) is 45.6 Å². The van der Waals surface area contributed by atoms with E-state index in [-0.39, 0.29) is 11.1 Å². The average molecular weight is 471 g/mol. The summed E-state index contributed by atoms with van der Waals surface area (Å²) in [7, 11) is 0. The fourth-order valence-electron chi connectivity index (χ4n) is 3.12. The van der Waals surface area contributed by atoms with Crippen LogP contribution in [-0.2, 0) is 12.3 Å². The van der Waals surface area contributed by atoms with E-state index in [2.05, 4.69) is 34.8 Å². The molecule has 29 heavy (non-hydrogen) atoms. The Morgan fingerprint density at radius 2 is 1.90 bits per heavy atom. The quantitative estimate of drug-likeness (QED) is 0.324. The van der Waals surface area contributed by atoms with E-state index in [1.165, 1.54) is 22.2 Å². The van der Waals surface area contributed by atoms with Crippen LogP contribution >= 0.6 is 27.7 Å². The lowest BCUT2D eigenvalue weighted by Crippen LogP contribution is -2.25. The summed E-state index contributed by atoms with van der Waals surface area (Å²) in [5, 5.41) is 1.25. The second-order valence-corrected chi connectivity index (χ2v) is 9.03. The molecule has 3 aromatic heterocycles.